The van der Waals surface area contributed by atoms with Gasteiger partial charge in [-0.3, -0.25) is 9.69 Å². The van der Waals surface area contributed by atoms with Crippen molar-refractivity contribution >= 4 is 17.5 Å². The summed E-state index contributed by atoms with van der Waals surface area (Å²) in [5.74, 6) is 2.12. The second kappa shape index (κ2) is 11.7. The van der Waals surface area contributed by atoms with Crippen molar-refractivity contribution in [2.24, 2.45) is 0 Å². The van der Waals surface area contributed by atoms with Crippen molar-refractivity contribution in [2.75, 3.05) is 27.9 Å². The van der Waals surface area contributed by atoms with Gasteiger partial charge in [0.25, 0.3) is 5.91 Å². The summed E-state index contributed by atoms with van der Waals surface area (Å²) < 4.78 is 16.5. The van der Waals surface area contributed by atoms with Gasteiger partial charge in [0.05, 0.1) is 27.4 Å². The third-order valence-corrected chi connectivity index (χ3v) is 7.07. The molecule has 3 aromatic rings. The van der Waals surface area contributed by atoms with Gasteiger partial charge in [-0.05, 0) is 78.1 Å². The van der Waals surface area contributed by atoms with Crippen LogP contribution in [0.25, 0.3) is 0 Å². The number of ether oxygens (including phenoxy) is 3. The molecule has 0 spiro atoms. The molecule has 1 heterocycles. The molecule has 4 rings (SSSR count). The van der Waals surface area contributed by atoms with E-state index < -0.39 is 0 Å². The molecule has 6 nitrogen and oxygen atoms in total. The summed E-state index contributed by atoms with van der Waals surface area (Å²) >= 11 is 6.03. The molecule has 0 fully saturated rings. The molecule has 1 aliphatic rings. The van der Waals surface area contributed by atoms with Crippen LogP contribution in [-0.2, 0) is 13.0 Å². The van der Waals surface area contributed by atoms with Gasteiger partial charge in [0.15, 0.2) is 11.5 Å². The van der Waals surface area contributed by atoms with E-state index in [0.717, 1.165) is 43.0 Å². The molecule has 0 radical (unpaired) electrons. The molecule has 2 atom stereocenters. The smallest absolute Gasteiger partial charge is 0.251 e. The first-order valence-electron chi connectivity index (χ1n) is 12.2. The molecule has 7 heteroatoms. The third-order valence-electron chi connectivity index (χ3n) is 6.81. The van der Waals surface area contributed by atoms with E-state index in [-0.39, 0.29) is 18.0 Å². The monoisotopic (exact) mass is 508 g/mol. The molecule has 3 aromatic carbocycles. The zero-order chi connectivity index (χ0) is 25.7. The second-order valence-corrected chi connectivity index (χ2v) is 9.35. The molecule has 1 aliphatic heterocycles. The number of halogens is 1. The van der Waals surface area contributed by atoms with E-state index in [2.05, 4.69) is 41.4 Å². The largest absolute Gasteiger partial charge is 0.497 e. The Morgan fingerprint density at radius 1 is 1.00 bits per heavy atom. The van der Waals surface area contributed by atoms with Gasteiger partial charge in [-0.15, -0.1) is 0 Å². The Kier molecular flexibility index (Phi) is 8.39. The summed E-state index contributed by atoms with van der Waals surface area (Å²) in [6.45, 7) is 3.70. The first-order valence-corrected chi connectivity index (χ1v) is 12.5. The molecule has 36 heavy (non-hydrogen) atoms. The fraction of sp³-hybridized carbons (Fsp3) is 0.345. The van der Waals surface area contributed by atoms with Gasteiger partial charge in [-0.25, -0.2) is 0 Å². The van der Waals surface area contributed by atoms with Gasteiger partial charge in [0.1, 0.15) is 5.75 Å². The van der Waals surface area contributed by atoms with Gasteiger partial charge in [0, 0.05) is 29.7 Å². The molecule has 2 unspecified atom stereocenters. The topological polar surface area (TPSA) is 60.0 Å². The van der Waals surface area contributed by atoms with Crippen LogP contribution in [0.15, 0.2) is 60.7 Å². The fourth-order valence-corrected chi connectivity index (χ4v) is 5.03. The Labute approximate surface area is 218 Å². The Morgan fingerprint density at radius 2 is 1.67 bits per heavy atom. The maximum absolute atomic E-state index is 13.2. The molecular weight excluding hydrogens is 476 g/mol. The van der Waals surface area contributed by atoms with Crippen LogP contribution in [0.5, 0.6) is 17.2 Å². The molecule has 1 amide bonds. The van der Waals surface area contributed by atoms with Crippen LogP contribution in [0.1, 0.15) is 46.4 Å². The Bertz CT molecular complexity index is 1180. The number of methoxy groups -OCH3 is 3. The van der Waals surface area contributed by atoms with Crippen molar-refractivity contribution < 1.29 is 19.0 Å². The van der Waals surface area contributed by atoms with Gasteiger partial charge < -0.3 is 19.5 Å². The van der Waals surface area contributed by atoms with Gasteiger partial charge in [0.2, 0.25) is 0 Å². The molecule has 0 saturated carbocycles. The summed E-state index contributed by atoms with van der Waals surface area (Å²) in [6.07, 6.45) is 1.64. The summed E-state index contributed by atoms with van der Waals surface area (Å²) in [4.78, 5) is 15.6. The molecular formula is C29H33ClN2O4. The average Bonchev–Trinajstić information content (AvgIpc) is 2.91. The highest BCUT2D eigenvalue weighted by molar-refractivity contribution is 6.30. The molecule has 0 saturated heterocycles. The molecule has 1 N–H and O–H groups in total. The van der Waals surface area contributed by atoms with E-state index in [1.165, 1.54) is 11.1 Å². The molecule has 0 bridgehead atoms. The van der Waals surface area contributed by atoms with Crippen molar-refractivity contribution in [2.45, 2.75) is 38.4 Å². The number of nitrogens with zero attached hydrogens (tertiary/aromatic N) is 1. The van der Waals surface area contributed by atoms with Crippen LogP contribution >= 0.6 is 11.6 Å². The van der Waals surface area contributed by atoms with E-state index in [1.807, 2.05) is 12.1 Å². The van der Waals surface area contributed by atoms with Gasteiger partial charge in [-0.2, -0.15) is 0 Å². The fourth-order valence-electron chi connectivity index (χ4n) is 4.90. The zero-order valence-corrected chi connectivity index (χ0v) is 22.0. The van der Waals surface area contributed by atoms with Crippen molar-refractivity contribution in [3.05, 3.63) is 87.9 Å². The molecule has 0 aliphatic carbocycles. The maximum atomic E-state index is 13.2. The second-order valence-electron chi connectivity index (χ2n) is 8.91. The van der Waals surface area contributed by atoms with Crippen LogP contribution in [0.3, 0.4) is 0 Å². The number of carbonyl (C=O) groups excluding carboxylic acids is 1. The summed E-state index contributed by atoms with van der Waals surface area (Å²) in [5, 5.41) is 3.90. The average molecular weight is 509 g/mol. The lowest BCUT2D eigenvalue weighted by Gasteiger charge is -2.42. The van der Waals surface area contributed by atoms with Crippen LogP contribution in [0, 0.1) is 0 Å². The van der Waals surface area contributed by atoms with E-state index in [0.29, 0.717) is 16.3 Å². The maximum Gasteiger partial charge on any atom is 0.251 e. The Hall–Kier alpha value is -3.22. The molecule has 0 aromatic heterocycles. The number of benzene rings is 3. The number of hydrogen-bond acceptors (Lipinski definition) is 5. The minimum atomic E-state index is -0.122. The minimum absolute atomic E-state index is 0.0445. The number of nitrogens with one attached hydrogen (secondary N) is 1. The van der Waals surface area contributed by atoms with E-state index in [9.17, 15) is 4.79 Å². The normalized spacial score (nSPS) is 16.1. The zero-order valence-electron chi connectivity index (χ0n) is 21.2. The quantitative estimate of drug-likeness (QED) is 0.403. The third kappa shape index (κ3) is 5.61. The summed E-state index contributed by atoms with van der Waals surface area (Å²) in [6, 6.07) is 19.1. The van der Waals surface area contributed by atoms with Crippen molar-refractivity contribution in [3.63, 3.8) is 0 Å². The van der Waals surface area contributed by atoms with Crippen LogP contribution in [0.4, 0.5) is 0 Å². The number of amides is 1. The van der Waals surface area contributed by atoms with Crippen LogP contribution < -0.4 is 19.5 Å². The lowest BCUT2D eigenvalue weighted by Crippen LogP contribution is -2.48. The van der Waals surface area contributed by atoms with Crippen molar-refractivity contribution in [1.82, 2.24) is 10.2 Å². The van der Waals surface area contributed by atoms with Gasteiger partial charge >= 0.3 is 0 Å². The van der Waals surface area contributed by atoms with E-state index in [4.69, 9.17) is 25.8 Å². The number of hydrogen-bond donors (Lipinski definition) is 1. The number of fused-ring (bicyclic) bond motifs is 1. The number of rotatable bonds is 9. The number of carbonyl (C=O) groups is 1. The first-order chi connectivity index (χ1) is 17.5. The lowest BCUT2D eigenvalue weighted by atomic mass is 9.86. The van der Waals surface area contributed by atoms with E-state index in [1.54, 1.807) is 45.6 Å². The highest BCUT2D eigenvalue weighted by atomic mass is 35.5. The van der Waals surface area contributed by atoms with E-state index >= 15 is 0 Å². The SMILES string of the molecule is CCC(NC(=O)c1ccc(Cl)cc1)C1c2cc(OC)c(OC)cc2CCN1Cc1ccc(OC)cc1. The Balaban J connectivity index is 1.70. The predicted molar refractivity (Wildman–Crippen MR) is 142 cm³/mol. The van der Waals surface area contributed by atoms with Crippen molar-refractivity contribution in [3.8, 4) is 17.2 Å². The molecule has 190 valence electrons. The van der Waals surface area contributed by atoms with Crippen LogP contribution in [0.2, 0.25) is 5.02 Å². The van der Waals surface area contributed by atoms with Crippen molar-refractivity contribution in [1.29, 1.82) is 0 Å². The first kappa shape index (κ1) is 25.9. The summed E-state index contributed by atoms with van der Waals surface area (Å²) in [7, 11) is 4.97. The van der Waals surface area contributed by atoms with Gasteiger partial charge in [-0.1, -0.05) is 30.7 Å². The highest BCUT2D eigenvalue weighted by Crippen LogP contribution is 2.40. The summed E-state index contributed by atoms with van der Waals surface area (Å²) in [5.41, 5.74) is 4.13. The Morgan fingerprint density at radius 3 is 2.28 bits per heavy atom. The standard InChI is InChI=1S/C29H33ClN2O4/c1-5-25(31-29(33)20-8-10-22(30)11-9-20)28-24-17-27(36-4)26(35-3)16-21(24)14-15-32(28)18-19-6-12-23(34-2)13-7-19/h6-13,16-17,25,28H,5,14-15,18H2,1-4H3,(H,31,33). The van der Waals surface area contributed by atoms with Crippen LogP contribution in [-0.4, -0.2) is 44.7 Å². The predicted octanol–water partition coefficient (Wildman–Crippen LogP) is 5.67. The highest BCUT2D eigenvalue weighted by Gasteiger charge is 2.35. The lowest BCUT2D eigenvalue weighted by molar-refractivity contribution is 0.0859. The minimum Gasteiger partial charge on any atom is -0.497 e.